The second-order valence-corrected chi connectivity index (χ2v) is 6.77. The van der Waals surface area contributed by atoms with Crippen molar-refractivity contribution in [2.45, 2.75) is 38.4 Å². The smallest absolute Gasteiger partial charge is 0.123 e. The van der Waals surface area contributed by atoms with Gasteiger partial charge in [0.15, 0.2) is 0 Å². The van der Waals surface area contributed by atoms with Gasteiger partial charge in [0.25, 0.3) is 0 Å². The molecule has 2 nitrogen and oxygen atoms in total. The lowest BCUT2D eigenvalue weighted by Crippen LogP contribution is -2.50. The van der Waals surface area contributed by atoms with E-state index in [2.05, 4.69) is 43.0 Å². The van der Waals surface area contributed by atoms with E-state index in [0.717, 1.165) is 25.1 Å². The molecule has 22 heavy (non-hydrogen) atoms. The molecule has 2 aromatic rings. The molecular formula is C19H23FN2. The summed E-state index contributed by atoms with van der Waals surface area (Å²) in [5.74, 6) is -0.182. The molecule has 0 radical (unpaired) electrons. The average Bonchev–Trinajstić information content (AvgIpc) is 2.45. The van der Waals surface area contributed by atoms with Crippen molar-refractivity contribution in [3.63, 3.8) is 0 Å². The van der Waals surface area contributed by atoms with E-state index >= 15 is 0 Å². The molecular weight excluding hydrogens is 275 g/mol. The molecule has 0 aromatic heterocycles. The highest BCUT2D eigenvalue weighted by Crippen LogP contribution is 2.37. The van der Waals surface area contributed by atoms with Gasteiger partial charge in [0, 0.05) is 18.6 Å². The maximum atomic E-state index is 13.4. The number of hydrogen-bond acceptors (Lipinski definition) is 2. The van der Waals surface area contributed by atoms with Crippen molar-refractivity contribution in [1.82, 2.24) is 4.90 Å². The van der Waals surface area contributed by atoms with Crippen LogP contribution in [0.2, 0.25) is 0 Å². The Morgan fingerprint density at radius 3 is 2.68 bits per heavy atom. The van der Waals surface area contributed by atoms with Crippen LogP contribution in [0.4, 0.5) is 4.39 Å². The van der Waals surface area contributed by atoms with Crippen molar-refractivity contribution >= 4 is 0 Å². The number of rotatable bonds is 3. The van der Waals surface area contributed by atoms with Crippen LogP contribution in [0.1, 0.15) is 36.6 Å². The molecule has 2 aromatic carbocycles. The lowest BCUT2D eigenvalue weighted by atomic mass is 9.82. The van der Waals surface area contributed by atoms with Gasteiger partial charge in [-0.1, -0.05) is 36.4 Å². The first kappa shape index (κ1) is 15.2. The molecule has 0 amide bonds. The van der Waals surface area contributed by atoms with E-state index < -0.39 is 0 Å². The number of nitrogens with two attached hydrogens (primary N) is 1. The van der Waals surface area contributed by atoms with Crippen LogP contribution in [-0.4, -0.2) is 17.0 Å². The lowest BCUT2D eigenvalue weighted by molar-refractivity contribution is 0.117. The van der Waals surface area contributed by atoms with Crippen molar-refractivity contribution < 1.29 is 4.39 Å². The third-order valence-electron chi connectivity index (χ3n) is 4.36. The van der Waals surface area contributed by atoms with Crippen LogP contribution >= 0.6 is 0 Å². The Kier molecular flexibility index (Phi) is 4.02. The van der Waals surface area contributed by atoms with Crippen molar-refractivity contribution in [3.8, 4) is 0 Å². The van der Waals surface area contributed by atoms with Gasteiger partial charge < -0.3 is 5.73 Å². The van der Waals surface area contributed by atoms with E-state index in [1.54, 1.807) is 12.1 Å². The number of halogens is 1. The van der Waals surface area contributed by atoms with Gasteiger partial charge in [-0.15, -0.1) is 0 Å². The number of benzene rings is 2. The van der Waals surface area contributed by atoms with Crippen LogP contribution in [0.3, 0.4) is 0 Å². The highest BCUT2D eigenvalue weighted by atomic mass is 19.1. The van der Waals surface area contributed by atoms with E-state index in [1.807, 2.05) is 6.07 Å². The van der Waals surface area contributed by atoms with Crippen molar-refractivity contribution in [2.75, 3.05) is 6.54 Å². The molecule has 2 N–H and O–H groups in total. The zero-order chi connectivity index (χ0) is 15.7. The molecule has 1 unspecified atom stereocenters. The van der Waals surface area contributed by atoms with E-state index in [-0.39, 0.29) is 17.4 Å². The van der Waals surface area contributed by atoms with Gasteiger partial charge in [-0.3, -0.25) is 4.90 Å². The van der Waals surface area contributed by atoms with Gasteiger partial charge in [0.05, 0.1) is 6.04 Å². The summed E-state index contributed by atoms with van der Waals surface area (Å²) in [6.07, 6.45) is 1.01. The summed E-state index contributed by atoms with van der Waals surface area (Å²) in [7, 11) is 0. The van der Waals surface area contributed by atoms with Gasteiger partial charge in [0.2, 0.25) is 0 Å². The maximum absolute atomic E-state index is 13.4. The molecule has 0 spiro atoms. The summed E-state index contributed by atoms with van der Waals surface area (Å²) in [5.41, 5.74) is 9.80. The molecule has 0 saturated heterocycles. The largest absolute Gasteiger partial charge is 0.324 e. The first-order chi connectivity index (χ1) is 10.4. The van der Waals surface area contributed by atoms with Crippen LogP contribution in [0.5, 0.6) is 0 Å². The van der Waals surface area contributed by atoms with E-state index in [9.17, 15) is 4.39 Å². The van der Waals surface area contributed by atoms with Crippen LogP contribution in [0, 0.1) is 5.82 Å². The SMILES string of the molecule is CC(C)(N)C1c2ccccc2CCN1Cc1cccc(F)c1. The molecule has 0 aliphatic carbocycles. The Labute approximate surface area is 131 Å². The Hall–Kier alpha value is -1.71. The Morgan fingerprint density at radius 2 is 1.95 bits per heavy atom. The van der Waals surface area contributed by atoms with Crippen LogP contribution in [0.25, 0.3) is 0 Å². The highest BCUT2D eigenvalue weighted by molar-refractivity contribution is 5.35. The monoisotopic (exact) mass is 298 g/mol. The quantitative estimate of drug-likeness (QED) is 0.937. The zero-order valence-corrected chi connectivity index (χ0v) is 13.2. The number of fused-ring (bicyclic) bond motifs is 1. The van der Waals surface area contributed by atoms with Crippen LogP contribution in [0.15, 0.2) is 48.5 Å². The molecule has 116 valence electrons. The molecule has 1 aliphatic heterocycles. The standard InChI is InChI=1S/C19H23FN2/c1-19(2,21)18-17-9-4-3-7-15(17)10-11-22(18)13-14-6-5-8-16(20)12-14/h3-9,12,18H,10-11,13,21H2,1-2H3. The molecule has 0 saturated carbocycles. The maximum Gasteiger partial charge on any atom is 0.123 e. The summed E-state index contributed by atoms with van der Waals surface area (Å²) < 4.78 is 13.4. The van der Waals surface area contributed by atoms with Gasteiger partial charge in [-0.25, -0.2) is 4.39 Å². The van der Waals surface area contributed by atoms with Gasteiger partial charge >= 0.3 is 0 Å². The van der Waals surface area contributed by atoms with Crippen molar-refractivity contribution in [2.24, 2.45) is 5.73 Å². The molecule has 3 rings (SSSR count). The third kappa shape index (κ3) is 3.06. The molecule has 3 heteroatoms. The van der Waals surface area contributed by atoms with Crippen molar-refractivity contribution in [3.05, 3.63) is 71.0 Å². The van der Waals surface area contributed by atoms with E-state index in [1.165, 1.54) is 17.2 Å². The Balaban J connectivity index is 1.94. The first-order valence-electron chi connectivity index (χ1n) is 7.80. The molecule has 1 heterocycles. The van der Waals surface area contributed by atoms with Gasteiger partial charge in [-0.2, -0.15) is 0 Å². The fourth-order valence-electron chi connectivity index (χ4n) is 3.53. The second kappa shape index (κ2) is 5.82. The minimum Gasteiger partial charge on any atom is -0.324 e. The summed E-state index contributed by atoms with van der Waals surface area (Å²) >= 11 is 0. The van der Waals surface area contributed by atoms with Crippen LogP contribution in [-0.2, 0) is 13.0 Å². The predicted octanol–water partition coefficient (Wildman–Crippen LogP) is 3.66. The topological polar surface area (TPSA) is 29.3 Å². The van der Waals surface area contributed by atoms with E-state index in [0.29, 0.717) is 0 Å². The zero-order valence-electron chi connectivity index (χ0n) is 13.2. The summed E-state index contributed by atoms with van der Waals surface area (Å²) in [4.78, 5) is 2.37. The van der Waals surface area contributed by atoms with Gasteiger partial charge in [0.1, 0.15) is 5.82 Å². The molecule has 1 atom stereocenters. The highest BCUT2D eigenvalue weighted by Gasteiger charge is 2.36. The second-order valence-electron chi connectivity index (χ2n) is 6.77. The summed E-state index contributed by atoms with van der Waals surface area (Å²) in [5, 5.41) is 0. The summed E-state index contributed by atoms with van der Waals surface area (Å²) in [6, 6.07) is 15.5. The normalized spacial score (nSPS) is 19.0. The fourth-order valence-corrected chi connectivity index (χ4v) is 3.53. The molecule has 0 fully saturated rings. The molecule has 0 bridgehead atoms. The predicted molar refractivity (Wildman–Crippen MR) is 88.0 cm³/mol. The fraction of sp³-hybridized carbons (Fsp3) is 0.368. The number of hydrogen-bond donors (Lipinski definition) is 1. The minimum absolute atomic E-state index is 0.140. The Bertz CT molecular complexity index is 660. The summed E-state index contributed by atoms with van der Waals surface area (Å²) in [6.45, 7) is 5.80. The van der Waals surface area contributed by atoms with Crippen molar-refractivity contribution in [1.29, 1.82) is 0 Å². The van der Waals surface area contributed by atoms with Gasteiger partial charge in [-0.05, 0) is 49.1 Å². The lowest BCUT2D eigenvalue weighted by Gasteiger charge is -2.44. The Morgan fingerprint density at radius 1 is 1.18 bits per heavy atom. The van der Waals surface area contributed by atoms with Crippen LogP contribution < -0.4 is 5.73 Å². The minimum atomic E-state index is -0.357. The molecule has 1 aliphatic rings. The average molecular weight is 298 g/mol. The van der Waals surface area contributed by atoms with E-state index in [4.69, 9.17) is 5.73 Å². The first-order valence-corrected chi connectivity index (χ1v) is 7.80. The third-order valence-corrected chi connectivity index (χ3v) is 4.36. The number of nitrogens with zero attached hydrogens (tertiary/aromatic N) is 1.